The van der Waals surface area contributed by atoms with Crippen molar-refractivity contribution in [1.29, 1.82) is 5.26 Å². The molecule has 24 heavy (non-hydrogen) atoms. The maximum Gasteiger partial charge on any atom is 0.319 e. The van der Waals surface area contributed by atoms with Crippen molar-refractivity contribution < 1.29 is 9.53 Å². The van der Waals surface area contributed by atoms with E-state index in [4.69, 9.17) is 10.00 Å². The highest BCUT2D eigenvalue weighted by Gasteiger charge is 2.05. The number of nitrogens with zero attached hydrogens (tertiary/aromatic N) is 1. The number of anilines is 1. The van der Waals surface area contributed by atoms with Crippen LogP contribution in [0.4, 0.5) is 10.5 Å². The van der Waals surface area contributed by atoms with E-state index >= 15 is 0 Å². The molecule has 0 radical (unpaired) electrons. The Hall–Kier alpha value is -3.46. The molecule has 6 heteroatoms. The molecule has 0 unspecified atom stereocenters. The molecule has 0 fully saturated rings. The largest absolute Gasteiger partial charge is 0.497 e. The van der Waals surface area contributed by atoms with Crippen LogP contribution in [0.3, 0.4) is 0 Å². The lowest BCUT2D eigenvalue weighted by atomic mass is 10.2. The van der Waals surface area contributed by atoms with Crippen LogP contribution in [0, 0.1) is 11.3 Å². The number of aromatic amines is 1. The number of H-pyrrole nitrogens is 1. The van der Waals surface area contributed by atoms with E-state index in [2.05, 4.69) is 15.6 Å². The molecule has 0 bridgehead atoms. The molecule has 1 aromatic heterocycles. The fourth-order valence-corrected chi connectivity index (χ4v) is 2.41. The van der Waals surface area contributed by atoms with Crippen LogP contribution >= 0.6 is 0 Å². The van der Waals surface area contributed by atoms with Gasteiger partial charge in [0, 0.05) is 22.3 Å². The van der Waals surface area contributed by atoms with Crippen LogP contribution in [0.15, 0.2) is 48.5 Å². The first kappa shape index (κ1) is 15.4. The van der Waals surface area contributed by atoms with Gasteiger partial charge in [-0.25, -0.2) is 4.79 Å². The number of fused-ring (bicyclic) bond motifs is 1. The Morgan fingerprint density at radius 2 is 2.12 bits per heavy atom. The number of methoxy groups -OCH3 is 1. The van der Waals surface area contributed by atoms with Crippen LogP contribution in [-0.4, -0.2) is 18.1 Å². The van der Waals surface area contributed by atoms with E-state index in [1.807, 2.05) is 30.3 Å². The molecule has 6 nitrogen and oxygen atoms in total. The Kier molecular flexibility index (Phi) is 4.34. The summed E-state index contributed by atoms with van der Waals surface area (Å²) in [5, 5.41) is 15.4. The van der Waals surface area contributed by atoms with Crippen molar-refractivity contribution in [1.82, 2.24) is 10.3 Å². The Balaban J connectivity index is 1.62. The number of nitriles is 1. The number of aromatic nitrogens is 1. The average molecular weight is 320 g/mol. The Morgan fingerprint density at radius 1 is 1.25 bits per heavy atom. The predicted molar refractivity (Wildman–Crippen MR) is 91.9 cm³/mol. The lowest BCUT2D eigenvalue weighted by Crippen LogP contribution is -2.28. The molecule has 0 spiro atoms. The highest BCUT2D eigenvalue weighted by atomic mass is 16.5. The molecule has 0 aliphatic heterocycles. The quantitative estimate of drug-likeness (QED) is 0.688. The second-order valence-corrected chi connectivity index (χ2v) is 5.25. The van der Waals surface area contributed by atoms with Gasteiger partial charge in [-0.05, 0) is 42.5 Å². The van der Waals surface area contributed by atoms with E-state index in [0.29, 0.717) is 17.8 Å². The number of rotatable bonds is 4. The van der Waals surface area contributed by atoms with Crippen LogP contribution in [0.25, 0.3) is 10.9 Å². The first-order valence-electron chi connectivity index (χ1n) is 7.38. The van der Waals surface area contributed by atoms with Crippen molar-refractivity contribution in [2.24, 2.45) is 0 Å². The van der Waals surface area contributed by atoms with Gasteiger partial charge in [-0.3, -0.25) is 0 Å². The van der Waals surface area contributed by atoms with Crippen molar-refractivity contribution in [3.8, 4) is 11.8 Å². The van der Waals surface area contributed by atoms with Gasteiger partial charge in [0.25, 0.3) is 0 Å². The first-order valence-corrected chi connectivity index (χ1v) is 7.38. The van der Waals surface area contributed by atoms with Gasteiger partial charge in [-0.1, -0.05) is 6.07 Å². The summed E-state index contributed by atoms with van der Waals surface area (Å²) >= 11 is 0. The van der Waals surface area contributed by atoms with Crippen molar-refractivity contribution in [3.63, 3.8) is 0 Å². The molecular formula is C18H16N4O2. The normalized spacial score (nSPS) is 10.2. The van der Waals surface area contributed by atoms with Crippen molar-refractivity contribution in [3.05, 3.63) is 59.8 Å². The lowest BCUT2D eigenvalue weighted by molar-refractivity contribution is 0.251. The number of urea groups is 1. The maximum atomic E-state index is 12.0. The number of benzene rings is 2. The van der Waals surface area contributed by atoms with E-state index in [1.54, 1.807) is 31.4 Å². The Bertz CT molecular complexity index is 924. The predicted octanol–water partition coefficient (Wildman–Crippen LogP) is 3.37. The summed E-state index contributed by atoms with van der Waals surface area (Å²) in [6, 6.07) is 16.2. The molecular weight excluding hydrogens is 304 g/mol. The second kappa shape index (κ2) is 6.75. The minimum Gasteiger partial charge on any atom is -0.497 e. The van der Waals surface area contributed by atoms with E-state index in [1.165, 1.54) is 0 Å². The van der Waals surface area contributed by atoms with Crippen molar-refractivity contribution in [2.45, 2.75) is 6.54 Å². The summed E-state index contributed by atoms with van der Waals surface area (Å²) < 4.78 is 5.20. The van der Waals surface area contributed by atoms with Gasteiger partial charge in [-0.15, -0.1) is 0 Å². The van der Waals surface area contributed by atoms with Crippen LogP contribution in [0.1, 0.15) is 11.3 Å². The van der Waals surface area contributed by atoms with Gasteiger partial charge in [0.1, 0.15) is 5.75 Å². The zero-order valence-corrected chi connectivity index (χ0v) is 13.1. The zero-order chi connectivity index (χ0) is 16.9. The van der Waals surface area contributed by atoms with E-state index in [0.717, 1.165) is 22.3 Å². The minimum atomic E-state index is -0.332. The molecule has 0 saturated heterocycles. The molecule has 0 aliphatic carbocycles. The first-order chi connectivity index (χ1) is 11.7. The average Bonchev–Trinajstić information content (AvgIpc) is 3.02. The molecule has 2 amide bonds. The van der Waals surface area contributed by atoms with Gasteiger partial charge in [0.2, 0.25) is 0 Å². The smallest absolute Gasteiger partial charge is 0.319 e. The van der Waals surface area contributed by atoms with Crippen molar-refractivity contribution in [2.75, 3.05) is 12.4 Å². The van der Waals surface area contributed by atoms with Crippen LogP contribution in [0.5, 0.6) is 5.75 Å². The standard InChI is InChI=1S/C18H16N4O2/c1-24-16-5-6-17-13(9-16)8-15(21-17)11-20-18(23)22-14-4-2-3-12(7-14)10-19/h2-9,21H,11H2,1H3,(H2,20,22,23). The molecule has 1 heterocycles. The molecule has 120 valence electrons. The van der Waals surface area contributed by atoms with Crippen molar-refractivity contribution >= 4 is 22.6 Å². The number of carbonyl (C=O) groups excluding carboxylic acids is 1. The third kappa shape index (κ3) is 3.47. The lowest BCUT2D eigenvalue weighted by Gasteiger charge is -2.06. The number of nitrogens with one attached hydrogen (secondary N) is 3. The van der Waals surface area contributed by atoms with Gasteiger partial charge >= 0.3 is 6.03 Å². The summed E-state index contributed by atoms with van der Waals surface area (Å²) in [5.74, 6) is 0.788. The van der Waals surface area contributed by atoms with Crippen LogP contribution < -0.4 is 15.4 Å². The molecule has 3 aromatic rings. The number of hydrogen-bond donors (Lipinski definition) is 3. The Labute approximate surface area is 139 Å². The third-order valence-corrected chi connectivity index (χ3v) is 3.57. The maximum absolute atomic E-state index is 12.0. The van der Waals surface area contributed by atoms with Crippen LogP contribution in [-0.2, 0) is 6.54 Å². The number of ether oxygens (including phenoxy) is 1. The number of carbonyl (C=O) groups is 1. The highest BCUT2D eigenvalue weighted by molar-refractivity contribution is 5.89. The van der Waals surface area contributed by atoms with E-state index < -0.39 is 0 Å². The highest BCUT2D eigenvalue weighted by Crippen LogP contribution is 2.21. The monoisotopic (exact) mass is 320 g/mol. The van der Waals surface area contributed by atoms with E-state index in [9.17, 15) is 4.79 Å². The van der Waals surface area contributed by atoms with Gasteiger partial charge in [0.15, 0.2) is 0 Å². The fourth-order valence-electron chi connectivity index (χ4n) is 2.41. The molecule has 3 N–H and O–H groups in total. The minimum absolute atomic E-state index is 0.332. The molecule has 0 aliphatic rings. The SMILES string of the molecule is COc1ccc2[nH]c(CNC(=O)Nc3cccc(C#N)c3)cc2c1. The second-order valence-electron chi connectivity index (χ2n) is 5.25. The molecule has 3 rings (SSSR count). The van der Waals surface area contributed by atoms with Crippen LogP contribution in [0.2, 0.25) is 0 Å². The Morgan fingerprint density at radius 3 is 2.92 bits per heavy atom. The molecule has 0 saturated carbocycles. The number of hydrogen-bond acceptors (Lipinski definition) is 3. The molecule has 2 aromatic carbocycles. The van der Waals surface area contributed by atoms with Gasteiger partial charge in [0.05, 0.1) is 25.3 Å². The third-order valence-electron chi connectivity index (χ3n) is 3.57. The molecule has 0 atom stereocenters. The van der Waals surface area contributed by atoms with Gasteiger partial charge in [-0.2, -0.15) is 5.26 Å². The fraction of sp³-hybridized carbons (Fsp3) is 0.111. The topological polar surface area (TPSA) is 89.9 Å². The summed E-state index contributed by atoms with van der Waals surface area (Å²) in [4.78, 5) is 15.2. The summed E-state index contributed by atoms with van der Waals surface area (Å²) in [6.45, 7) is 0.362. The zero-order valence-electron chi connectivity index (χ0n) is 13.1. The summed E-state index contributed by atoms with van der Waals surface area (Å²) in [7, 11) is 1.63. The summed E-state index contributed by atoms with van der Waals surface area (Å²) in [6.07, 6.45) is 0. The summed E-state index contributed by atoms with van der Waals surface area (Å²) in [5.41, 5.74) is 2.94. The van der Waals surface area contributed by atoms with Gasteiger partial charge < -0.3 is 20.4 Å². The van der Waals surface area contributed by atoms with E-state index in [-0.39, 0.29) is 6.03 Å². The number of amides is 2.